The van der Waals surface area contributed by atoms with Crippen molar-refractivity contribution >= 4 is 0 Å². The second-order valence-corrected chi connectivity index (χ2v) is 7.28. The van der Waals surface area contributed by atoms with Crippen LogP contribution >= 0.6 is 0 Å². The number of hydrogen-bond donors (Lipinski definition) is 0. The Bertz CT molecular complexity index is 208. The van der Waals surface area contributed by atoms with Gasteiger partial charge in [-0.3, -0.25) is 0 Å². The molecular weight excluding hydrogens is 240 g/mol. The maximum absolute atomic E-state index is 2.46. The largest absolute Gasteiger partial charge is 0.0654 e. The van der Waals surface area contributed by atoms with Crippen LogP contribution in [0.3, 0.4) is 0 Å². The van der Waals surface area contributed by atoms with Crippen LogP contribution in [0.2, 0.25) is 0 Å². The lowest BCUT2D eigenvalue weighted by molar-refractivity contribution is 0.0888. The standard InChI is InChI=1S/C20H40/c1-4-7-8-9-10-11-15-18-20(5-2,6-3)19-16-13-12-14-17-19/h19H,4-18H2,1-3H3. The zero-order valence-corrected chi connectivity index (χ0v) is 14.7. The van der Waals surface area contributed by atoms with Gasteiger partial charge in [-0.05, 0) is 30.6 Å². The molecule has 0 heteroatoms. The molecule has 120 valence electrons. The maximum Gasteiger partial charge on any atom is -0.0274 e. The Balaban J connectivity index is 2.27. The van der Waals surface area contributed by atoms with Crippen LogP contribution in [0.25, 0.3) is 0 Å². The first-order chi connectivity index (χ1) is 9.79. The molecule has 0 aromatic carbocycles. The molecule has 1 aliphatic carbocycles. The van der Waals surface area contributed by atoms with Crippen molar-refractivity contribution in [1.29, 1.82) is 0 Å². The Labute approximate surface area is 129 Å². The van der Waals surface area contributed by atoms with Crippen LogP contribution in [0.4, 0.5) is 0 Å². The van der Waals surface area contributed by atoms with Gasteiger partial charge in [-0.2, -0.15) is 0 Å². The molecular formula is C20H40. The fourth-order valence-corrected chi connectivity index (χ4v) is 4.53. The molecule has 0 amide bonds. The Morgan fingerprint density at radius 1 is 0.700 bits per heavy atom. The van der Waals surface area contributed by atoms with E-state index in [-0.39, 0.29) is 0 Å². The van der Waals surface area contributed by atoms with E-state index < -0.39 is 0 Å². The van der Waals surface area contributed by atoms with Crippen molar-refractivity contribution in [3.63, 3.8) is 0 Å². The summed E-state index contributed by atoms with van der Waals surface area (Å²) < 4.78 is 0. The molecule has 0 nitrogen and oxygen atoms in total. The fraction of sp³-hybridized carbons (Fsp3) is 1.00. The third-order valence-electron chi connectivity index (χ3n) is 6.16. The molecule has 0 aromatic rings. The van der Waals surface area contributed by atoms with Crippen LogP contribution in [0.5, 0.6) is 0 Å². The SMILES string of the molecule is CCCCCCCCCC(CC)(CC)C1CCCCC1. The predicted molar refractivity (Wildman–Crippen MR) is 92.2 cm³/mol. The monoisotopic (exact) mass is 280 g/mol. The number of unbranched alkanes of at least 4 members (excludes halogenated alkanes) is 6. The molecule has 0 aliphatic heterocycles. The lowest BCUT2D eigenvalue weighted by atomic mass is 9.63. The smallest absolute Gasteiger partial charge is 0.0274 e. The first-order valence-corrected chi connectivity index (χ1v) is 9.79. The van der Waals surface area contributed by atoms with E-state index in [9.17, 15) is 0 Å². The van der Waals surface area contributed by atoms with Gasteiger partial charge in [-0.15, -0.1) is 0 Å². The molecule has 1 aliphatic rings. The second kappa shape index (κ2) is 10.7. The number of rotatable bonds is 11. The Kier molecular flexibility index (Phi) is 9.65. The first kappa shape index (κ1) is 18.1. The Hall–Kier alpha value is 0. The van der Waals surface area contributed by atoms with Gasteiger partial charge < -0.3 is 0 Å². The van der Waals surface area contributed by atoms with Crippen molar-refractivity contribution in [2.24, 2.45) is 11.3 Å². The minimum absolute atomic E-state index is 0.698. The fourth-order valence-electron chi connectivity index (χ4n) is 4.53. The van der Waals surface area contributed by atoms with Crippen LogP contribution < -0.4 is 0 Å². The Morgan fingerprint density at radius 2 is 1.25 bits per heavy atom. The van der Waals surface area contributed by atoms with E-state index >= 15 is 0 Å². The minimum Gasteiger partial charge on any atom is -0.0654 e. The van der Waals surface area contributed by atoms with Gasteiger partial charge in [-0.1, -0.05) is 97.8 Å². The zero-order chi connectivity index (χ0) is 14.7. The summed E-state index contributed by atoms with van der Waals surface area (Å²) in [5, 5.41) is 0. The van der Waals surface area contributed by atoms with Gasteiger partial charge in [0.25, 0.3) is 0 Å². The quantitative estimate of drug-likeness (QED) is 0.343. The van der Waals surface area contributed by atoms with E-state index in [2.05, 4.69) is 20.8 Å². The minimum atomic E-state index is 0.698. The third kappa shape index (κ3) is 5.78. The van der Waals surface area contributed by atoms with E-state index in [1.807, 2.05) is 0 Å². The van der Waals surface area contributed by atoms with Crippen molar-refractivity contribution in [3.8, 4) is 0 Å². The van der Waals surface area contributed by atoms with Crippen molar-refractivity contribution in [2.75, 3.05) is 0 Å². The van der Waals surface area contributed by atoms with Crippen molar-refractivity contribution in [2.45, 2.75) is 117 Å². The van der Waals surface area contributed by atoms with Gasteiger partial charge in [0.2, 0.25) is 0 Å². The summed E-state index contributed by atoms with van der Waals surface area (Å²) in [7, 11) is 0. The molecule has 0 saturated heterocycles. The van der Waals surface area contributed by atoms with Crippen LogP contribution in [0.1, 0.15) is 117 Å². The molecule has 0 N–H and O–H groups in total. The molecule has 0 radical (unpaired) electrons. The summed E-state index contributed by atoms with van der Waals surface area (Å²) in [5.74, 6) is 1.05. The highest BCUT2D eigenvalue weighted by molar-refractivity contribution is 4.86. The molecule has 0 atom stereocenters. The van der Waals surface area contributed by atoms with Gasteiger partial charge in [0.1, 0.15) is 0 Å². The zero-order valence-electron chi connectivity index (χ0n) is 14.7. The summed E-state index contributed by atoms with van der Waals surface area (Å²) in [6.45, 7) is 7.22. The molecule has 0 aromatic heterocycles. The predicted octanol–water partition coefficient (Wildman–Crippen LogP) is 7.51. The third-order valence-corrected chi connectivity index (χ3v) is 6.16. The maximum atomic E-state index is 2.46. The summed E-state index contributed by atoms with van der Waals surface area (Å²) in [4.78, 5) is 0. The van der Waals surface area contributed by atoms with Crippen LogP contribution in [-0.2, 0) is 0 Å². The van der Waals surface area contributed by atoms with Crippen molar-refractivity contribution in [3.05, 3.63) is 0 Å². The lowest BCUT2D eigenvalue weighted by Crippen LogP contribution is -2.31. The molecule has 1 rings (SSSR count). The van der Waals surface area contributed by atoms with E-state index in [4.69, 9.17) is 0 Å². The van der Waals surface area contributed by atoms with E-state index in [0.29, 0.717) is 5.41 Å². The highest BCUT2D eigenvalue weighted by Crippen LogP contribution is 2.47. The average Bonchev–Trinajstić information content (AvgIpc) is 2.52. The highest BCUT2D eigenvalue weighted by atomic mass is 14.4. The van der Waals surface area contributed by atoms with E-state index in [0.717, 1.165) is 5.92 Å². The molecule has 1 fully saturated rings. The van der Waals surface area contributed by atoms with Gasteiger partial charge in [0.05, 0.1) is 0 Å². The molecule has 20 heavy (non-hydrogen) atoms. The van der Waals surface area contributed by atoms with Crippen LogP contribution in [0.15, 0.2) is 0 Å². The summed E-state index contributed by atoms with van der Waals surface area (Å²) >= 11 is 0. The summed E-state index contributed by atoms with van der Waals surface area (Å²) in [5.41, 5.74) is 0.698. The van der Waals surface area contributed by atoms with E-state index in [1.54, 1.807) is 0 Å². The highest BCUT2D eigenvalue weighted by Gasteiger charge is 2.35. The van der Waals surface area contributed by atoms with Crippen molar-refractivity contribution in [1.82, 2.24) is 0 Å². The van der Waals surface area contributed by atoms with E-state index in [1.165, 1.54) is 96.3 Å². The molecule has 1 saturated carbocycles. The normalized spacial score (nSPS) is 17.6. The van der Waals surface area contributed by atoms with Gasteiger partial charge in [0.15, 0.2) is 0 Å². The molecule has 0 spiro atoms. The first-order valence-electron chi connectivity index (χ1n) is 9.79. The second-order valence-electron chi connectivity index (χ2n) is 7.28. The molecule has 0 bridgehead atoms. The van der Waals surface area contributed by atoms with Crippen LogP contribution in [-0.4, -0.2) is 0 Å². The average molecular weight is 281 g/mol. The molecule has 0 heterocycles. The molecule has 0 unspecified atom stereocenters. The Morgan fingerprint density at radius 3 is 1.80 bits per heavy atom. The van der Waals surface area contributed by atoms with Crippen LogP contribution in [0, 0.1) is 11.3 Å². The lowest BCUT2D eigenvalue weighted by Gasteiger charge is -2.42. The topological polar surface area (TPSA) is 0 Å². The summed E-state index contributed by atoms with van der Waals surface area (Å²) in [6, 6.07) is 0. The van der Waals surface area contributed by atoms with Crippen molar-refractivity contribution < 1.29 is 0 Å². The van der Waals surface area contributed by atoms with Gasteiger partial charge in [0, 0.05) is 0 Å². The summed E-state index contributed by atoms with van der Waals surface area (Å²) in [6.07, 6.45) is 22.1. The van der Waals surface area contributed by atoms with Gasteiger partial charge in [-0.25, -0.2) is 0 Å². The van der Waals surface area contributed by atoms with Gasteiger partial charge >= 0.3 is 0 Å². The number of hydrogen-bond acceptors (Lipinski definition) is 0.